The number of hydrogen-bond donors (Lipinski definition) is 0. The van der Waals surface area contributed by atoms with Gasteiger partial charge in [0.2, 0.25) is 0 Å². The fraction of sp³-hybridized carbons (Fsp3) is 0.556. The van der Waals surface area contributed by atoms with E-state index < -0.39 is 0 Å². The fourth-order valence-corrected chi connectivity index (χ4v) is 2.51. The van der Waals surface area contributed by atoms with E-state index in [1.54, 1.807) is 11.8 Å². The van der Waals surface area contributed by atoms with E-state index in [1.807, 2.05) is 32.0 Å². The molecule has 0 saturated heterocycles. The Labute approximate surface area is 137 Å². The van der Waals surface area contributed by atoms with Gasteiger partial charge in [0.05, 0.1) is 13.0 Å². The van der Waals surface area contributed by atoms with E-state index in [9.17, 15) is 9.59 Å². The maximum Gasteiger partial charge on any atom is 0.310 e. The quantitative estimate of drug-likeness (QED) is 0.725. The zero-order valence-electron chi connectivity index (χ0n) is 14.3. The van der Waals surface area contributed by atoms with Crippen LogP contribution in [-0.2, 0) is 14.3 Å². The number of hydrogen-bond acceptors (Lipinski definition) is 4. The molecule has 2 rings (SSSR count). The highest BCUT2D eigenvalue weighted by Crippen LogP contribution is 2.28. The molecule has 1 fully saturated rings. The van der Waals surface area contributed by atoms with Crippen molar-refractivity contribution in [3.63, 3.8) is 0 Å². The van der Waals surface area contributed by atoms with E-state index in [-0.39, 0.29) is 30.4 Å². The number of nitrogens with zero attached hydrogens (tertiary/aromatic N) is 1. The van der Waals surface area contributed by atoms with Gasteiger partial charge in [0.15, 0.2) is 6.61 Å². The number of methoxy groups -OCH3 is 1. The van der Waals surface area contributed by atoms with Crippen molar-refractivity contribution >= 4 is 11.9 Å². The summed E-state index contributed by atoms with van der Waals surface area (Å²) in [5.74, 6) is 0.0309. The first-order valence-electron chi connectivity index (χ1n) is 8.00. The lowest BCUT2D eigenvalue weighted by Crippen LogP contribution is -2.41. The van der Waals surface area contributed by atoms with Crippen LogP contribution in [-0.4, -0.2) is 43.1 Å². The van der Waals surface area contributed by atoms with Crippen LogP contribution in [0, 0.1) is 19.8 Å². The van der Waals surface area contributed by atoms with E-state index in [0.717, 1.165) is 29.7 Å². The summed E-state index contributed by atoms with van der Waals surface area (Å²) in [5.41, 5.74) is 2.18. The second kappa shape index (κ2) is 7.49. The summed E-state index contributed by atoms with van der Waals surface area (Å²) in [7, 11) is 1.37. The topological polar surface area (TPSA) is 55.8 Å². The minimum Gasteiger partial charge on any atom is -0.483 e. The van der Waals surface area contributed by atoms with Crippen molar-refractivity contribution in [2.24, 2.45) is 5.92 Å². The Morgan fingerprint density at radius 1 is 1.30 bits per heavy atom. The Balaban J connectivity index is 1.96. The number of amides is 1. The first-order valence-corrected chi connectivity index (χ1v) is 8.00. The van der Waals surface area contributed by atoms with Crippen molar-refractivity contribution in [3.05, 3.63) is 29.3 Å². The highest BCUT2D eigenvalue weighted by atomic mass is 16.5. The van der Waals surface area contributed by atoms with Gasteiger partial charge >= 0.3 is 5.97 Å². The lowest BCUT2D eigenvalue weighted by atomic mass is 10.1. The van der Waals surface area contributed by atoms with Crippen LogP contribution in [0.25, 0.3) is 0 Å². The SMILES string of the molecule is COC(=O)C(C)CN(C(=O)COc1cccc(C)c1C)C1CC1. The van der Waals surface area contributed by atoms with E-state index in [2.05, 4.69) is 0 Å². The molecule has 1 atom stereocenters. The first kappa shape index (κ1) is 17.3. The van der Waals surface area contributed by atoms with E-state index in [4.69, 9.17) is 9.47 Å². The Hall–Kier alpha value is -2.04. The molecule has 1 aliphatic rings. The third-order valence-electron chi connectivity index (χ3n) is 4.29. The second-order valence-electron chi connectivity index (χ2n) is 6.19. The van der Waals surface area contributed by atoms with Gasteiger partial charge in [-0.15, -0.1) is 0 Å². The van der Waals surface area contributed by atoms with Crippen LogP contribution in [0.1, 0.15) is 30.9 Å². The van der Waals surface area contributed by atoms with Crippen LogP contribution in [0.4, 0.5) is 0 Å². The molecule has 0 N–H and O–H groups in total. The van der Waals surface area contributed by atoms with Crippen molar-refractivity contribution in [1.82, 2.24) is 4.90 Å². The lowest BCUT2D eigenvalue weighted by Gasteiger charge is -2.25. The molecule has 0 spiro atoms. The van der Waals surface area contributed by atoms with Crippen molar-refractivity contribution in [3.8, 4) is 5.75 Å². The minimum atomic E-state index is -0.328. The predicted molar refractivity (Wildman–Crippen MR) is 87.3 cm³/mol. The number of ether oxygens (including phenoxy) is 2. The second-order valence-corrected chi connectivity index (χ2v) is 6.19. The summed E-state index contributed by atoms with van der Waals surface area (Å²) in [6, 6.07) is 6.03. The molecule has 1 unspecified atom stereocenters. The summed E-state index contributed by atoms with van der Waals surface area (Å²) in [4.78, 5) is 25.8. The number of rotatable bonds is 7. The molecule has 0 bridgehead atoms. The zero-order valence-corrected chi connectivity index (χ0v) is 14.3. The van der Waals surface area contributed by atoms with Crippen LogP contribution in [0.15, 0.2) is 18.2 Å². The van der Waals surface area contributed by atoms with Crippen molar-refractivity contribution in [1.29, 1.82) is 0 Å². The zero-order chi connectivity index (χ0) is 17.0. The van der Waals surface area contributed by atoms with Crippen LogP contribution < -0.4 is 4.74 Å². The largest absolute Gasteiger partial charge is 0.483 e. The highest BCUT2D eigenvalue weighted by molar-refractivity contribution is 5.80. The minimum absolute atomic E-state index is 0.00527. The lowest BCUT2D eigenvalue weighted by molar-refractivity contribution is -0.146. The standard InChI is InChI=1S/C18H25NO4/c1-12-6-5-7-16(14(12)3)23-11-17(20)19(15-8-9-15)10-13(2)18(21)22-4/h5-7,13,15H,8-11H2,1-4H3. The first-order chi connectivity index (χ1) is 10.9. The molecule has 1 aromatic rings. The molecule has 1 aromatic carbocycles. The van der Waals surface area contributed by atoms with Crippen LogP contribution in [0.2, 0.25) is 0 Å². The Bertz CT molecular complexity index is 580. The third-order valence-corrected chi connectivity index (χ3v) is 4.29. The molecule has 1 aliphatic carbocycles. The maximum atomic E-state index is 12.5. The molecule has 0 aromatic heterocycles. The summed E-state index contributed by atoms with van der Waals surface area (Å²) in [5, 5.41) is 0. The van der Waals surface area contributed by atoms with Gasteiger partial charge in [0, 0.05) is 12.6 Å². The third kappa shape index (κ3) is 4.47. The molecular weight excluding hydrogens is 294 g/mol. The Morgan fingerprint density at radius 2 is 2.00 bits per heavy atom. The molecule has 126 valence electrons. The molecular formula is C18H25NO4. The maximum absolute atomic E-state index is 12.5. The number of carbonyl (C=O) groups is 2. The van der Waals surface area contributed by atoms with Crippen LogP contribution >= 0.6 is 0 Å². The van der Waals surface area contributed by atoms with Gasteiger partial charge in [-0.25, -0.2) is 0 Å². The molecule has 0 aliphatic heterocycles. The van der Waals surface area contributed by atoms with E-state index >= 15 is 0 Å². The van der Waals surface area contributed by atoms with Gasteiger partial charge < -0.3 is 14.4 Å². The number of benzene rings is 1. The van der Waals surface area contributed by atoms with E-state index in [0.29, 0.717) is 6.54 Å². The smallest absolute Gasteiger partial charge is 0.310 e. The monoisotopic (exact) mass is 319 g/mol. The van der Waals surface area contributed by atoms with Crippen molar-refractivity contribution in [2.75, 3.05) is 20.3 Å². The number of esters is 1. The van der Waals surface area contributed by atoms with Crippen molar-refractivity contribution < 1.29 is 19.1 Å². The van der Waals surface area contributed by atoms with Crippen LogP contribution in [0.3, 0.4) is 0 Å². The van der Waals surface area contributed by atoms with Crippen LogP contribution in [0.5, 0.6) is 5.75 Å². The molecule has 1 saturated carbocycles. The van der Waals surface area contributed by atoms with Gasteiger partial charge in [0.25, 0.3) is 5.91 Å². The Kier molecular flexibility index (Phi) is 5.64. The summed E-state index contributed by atoms with van der Waals surface area (Å²) in [6.07, 6.45) is 1.98. The summed E-state index contributed by atoms with van der Waals surface area (Å²) < 4.78 is 10.4. The molecule has 23 heavy (non-hydrogen) atoms. The highest BCUT2D eigenvalue weighted by Gasteiger charge is 2.34. The molecule has 1 amide bonds. The number of carbonyl (C=O) groups excluding carboxylic acids is 2. The molecule has 5 heteroatoms. The fourth-order valence-electron chi connectivity index (χ4n) is 2.51. The predicted octanol–water partition coefficient (Wildman–Crippen LogP) is 2.48. The molecule has 5 nitrogen and oxygen atoms in total. The summed E-state index contributed by atoms with van der Waals surface area (Å²) >= 11 is 0. The molecule has 0 radical (unpaired) electrons. The van der Waals surface area contributed by atoms with Gasteiger partial charge in [-0.3, -0.25) is 9.59 Å². The van der Waals surface area contributed by atoms with E-state index in [1.165, 1.54) is 7.11 Å². The van der Waals surface area contributed by atoms with Gasteiger partial charge in [0.1, 0.15) is 5.75 Å². The average Bonchev–Trinajstić information content (AvgIpc) is 3.37. The average molecular weight is 319 g/mol. The van der Waals surface area contributed by atoms with Crippen molar-refractivity contribution in [2.45, 2.75) is 39.7 Å². The van der Waals surface area contributed by atoms with Gasteiger partial charge in [-0.2, -0.15) is 0 Å². The Morgan fingerprint density at radius 3 is 2.61 bits per heavy atom. The van der Waals surface area contributed by atoms with Gasteiger partial charge in [-0.1, -0.05) is 19.1 Å². The molecule has 0 heterocycles. The van der Waals surface area contributed by atoms with Gasteiger partial charge in [-0.05, 0) is 43.9 Å². The normalized spacial score (nSPS) is 15.0. The number of aryl methyl sites for hydroxylation is 1. The summed E-state index contributed by atoms with van der Waals surface area (Å²) in [6.45, 7) is 6.15.